The van der Waals surface area contributed by atoms with Gasteiger partial charge in [-0.1, -0.05) is 12.8 Å². The third kappa shape index (κ3) is 3.45. The fraction of sp³-hybridized carbons (Fsp3) is 0.917. The second-order valence-electron chi connectivity index (χ2n) is 5.49. The summed E-state index contributed by atoms with van der Waals surface area (Å²) in [5, 5.41) is 2.97. The quantitative estimate of drug-likeness (QED) is 0.752. The van der Waals surface area contributed by atoms with Crippen molar-refractivity contribution in [2.75, 3.05) is 11.5 Å². The molecule has 1 heterocycles. The van der Waals surface area contributed by atoms with Gasteiger partial charge in [0.15, 0.2) is 0 Å². The maximum Gasteiger partial charge on any atom is 0.224 e. The van der Waals surface area contributed by atoms with Crippen molar-refractivity contribution in [3.63, 3.8) is 0 Å². The molecule has 5 nitrogen and oxygen atoms in total. The summed E-state index contributed by atoms with van der Waals surface area (Å²) < 4.78 is 22.6. The standard InChI is InChI=1S/C12H22N2O3S/c13-11-4-2-1-3-10(11)12(15)14-9-5-7-18(16,17)8-6-9/h9-11H,1-8,13H2,(H,14,15). The summed E-state index contributed by atoms with van der Waals surface area (Å²) in [4.78, 5) is 12.1. The Kier molecular flexibility index (Phi) is 4.27. The number of carbonyl (C=O) groups excluding carboxylic acids is 1. The molecule has 1 amide bonds. The van der Waals surface area contributed by atoms with Crippen LogP contribution in [0, 0.1) is 5.92 Å². The van der Waals surface area contributed by atoms with E-state index in [0.717, 1.165) is 25.7 Å². The van der Waals surface area contributed by atoms with Gasteiger partial charge in [0.05, 0.1) is 17.4 Å². The number of carbonyl (C=O) groups is 1. The van der Waals surface area contributed by atoms with Crippen molar-refractivity contribution in [1.29, 1.82) is 0 Å². The van der Waals surface area contributed by atoms with Crippen LogP contribution >= 0.6 is 0 Å². The summed E-state index contributed by atoms with van der Waals surface area (Å²) >= 11 is 0. The third-order valence-electron chi connectivity index (χ3n) is 4.06. The Morgan fingerprint density at radius 1 is 1.06 bits per heavy atom. The molecule has 104 valence electrons. The minimum atomic E-state index is -2.86. The molecule has 2 fully saturated rings. The first-order valence-electron chi connectivity index (χ1n) is 6.74. The van der Waals surface area contributed by atoms with Gasteiger partial charge in [0.25, 0.3) is 0 Å². The highest BCUT2D eigenvalue weighted by Gasteiger charge is 2.31. The predicted molar refractivity (Wildman–Crippen MR) is 69.8 cm³/mol. The van der Waals surface area contributed by atoms with Crippen LogP contribution in [-0.4, -0.2) is 37.9 Å². The van der Waals surface area contributed by atoms with E-state index in [1.807, 2.05) is 0 Å². The van der Waals surface area contributed by atoms with Gasteiger partial charge < -0.3 is 11.1 Å². The zero-order valence-corrected chi connectivity index (χ0v) is 11.4. The summed E-state index contributed by atoms with van der Waals surface area (Å²) in [6, 6.07) is -0.0266. The van der Waals surface area contributed by atoms with E-state index in [1.54, 1.807) is 0 Å². The lowest BCUT2D eigenvalue weighted by molar-refractivity contribution is -0.127. The van der Waals surface area contributed by atoms with Crippen LogP contribution in [0.4, 0.5) is 0 Å². The van der Waals surface area contributed by atoms with E-state index in [2.05, 4.69) is 5.32 Å². The number of hydrogen-bond acceptors (Lipinski definition) is 4. The van der Waals surface area contributed by atoms with E-state index in [4.69, 9.17) is 5.73 Å². The van der Waals surface area contributed by atoms with Gasteiger partial charge >= 0.3 is 0 Å². The SMILES string of the molecule is NC1CCCCC1C(=O)NC1CCS(=O)(=O)CC1. The molecule has 1 aliphatic heterocycles. The van der Waals surface area contributed by atoms with Crippen molar-refractivity contribution >= 4 is 15.7 Å². The van der Waals surface area contributed by atoms with Crippen LogP contribution in [0.3, 0.4) is 0 Å². The molecular formula is C12H22N2O3S. The minimum absolute atomic E-state index is 0.00940. The van der Waals surface area contributed by atoms with Gasteiger partial charge in [-0.05, 0) is 25.7 Å². The van der Waals surface area contributed by atoms with Crippen molar-refractivity contribution in [3.8, 4) is 0 Å². The number of hydrogen-bond donors (Lipinski definition) is 2. The lowest BCUT2D eigenvalue weighted by Crippen LogP contribution is -2.48. The molecule has 2 aliphatic rings. The Bertz CT molecular complexity index is 394. The number of sulfone groups is 1. The molecule has 0 aromatic heterocycles. The molecule has 1 saturated heterocycles. The monoisotopic (exact) mass is 274 g/mol. The van der Waals surface area contributed by atoms with E-state index >= 15 is 0 Å². The van der Waals surface area contributed by atoms with Crippen molar-refractivity contribution in [1.82, 2.24) is 5.32 Å². The van der Waals surface area contributed by atoms with Crippen molar-refractivity contribution in [2.45, 2.75) is 50.6 Å². The first kappa shape index (κ1) is 13.8. The third-order valence-corrected chi connectivity index (χ3v) is 5.77. The average molecular weight is 274 g/mol. The van der Waals surface area contributed by atoms with Gasteiger partial charge in [0, 0.05) is 12.1 Å². The van der Waals surface area contributed by atoms with Crippen LogP contribution in [0.25, 0.3) is 0 Å². The summed E-state index contributed by atoms with van der Waals surface area (Å²) in [6.45, 7) is 0. The zero-order valence-electron chi connectivity index (χ0n) is 10.6. The molecule has 0 radical (unpaired) electrons. The smallest absolute Gasteiger partial charge is 0.224 e. The molecule has 0 bridgehead atoms. The lowest BCUT2D eigenvalue weighted by Gasteiger charge is -2.30. The highest BCUT2D eigenvalue weighted by Crippen LogP contribution is 2.23. The maximum absolute atomic E-state index is 12.1. The molecule has 3 N–H and O–H groups in total. The summed E-state index contributed by atoms with van der Waals surface area (Å²) in [7, 11) is -2.86. The maximum atomic E-state index is 12.1. The lowest BCUT2D eigenvalue weighted by atomic mass is 9.84. The molecule has 2 unspecified atom stereocenters. The zero-order chi connectivity index (χ0) is 13.2. The number of nitrogens with two attached hydrogens (primary N) is 1. The Labute approximate surface area is 108 Å². The van der Waals surface area contributed by atoms with Gasteiger partial charge in [-0.25, -0.2) is 8.42 Å². The largest absolute Gasteiger partial charge is 0.353 e. The van der Waals surface area contributed by atoms with Crippen molar-refractivity contribution in [2.24, 2.45) is 11.7 Å². The van der Waals surface area contributed by atoms with E-state index in [9.17, 15) is 13.2 Å². The molecule has 0 spiro atoms. The molecule has 0 aromatic carbocycles. The normalized spacial score (nSPS) is 32.9. The average Bonchev–Trinajstić information content (AvgIpc) is 2.32. The fourth-order valence-electron chi connectivity index (χ4n) is 2.83. The Morgan fingerprint density at radius 3 is 2.28 bits per heavy atom. The minimum Gasteiger partial charge on any atom is -0.353 e. The van der Waals surface area contributed by atoms with Crippen LogP contribution in [0.5, 0.6) is 0 Å². The Balaban J connectivity index is 1.84. The Morgan fingerprint density at radius 2 is 1.67 bits per heavy atom. The van der Waals surface area contributed by atoms with Crippen LogP contribution in [-0.2, 0) is 14.6 Å². The molecule has 2 rings (SSSR count). The van der Waals surface area contributed by atoms with Crippen LogP contribution in [0.2, 0.25) is 0 Å². The summed E-state index contributed by atoms with van der Waals surface area (Å²) in [5.41, 5.74) is 5.97. The fourth-order valence-corrected chi connectivity index (χ4v) is 4.32. The number of amides is 1. The van der Waals surface area contributed by atoms with Gasteiger partial charge in [0.1, 0.15) is 9.84 Å². The van der Waals surface area contributed by atoms with E-state index in [0.29, 0.717) is 12.8 Å². The topological polar surface area (TPSA) is 89.3 Å². The van der Waals surface area contributed by atoms with Crippen molar-refractivity contribution in [3.05, 3.63) is 0 Å². The molecule has 2 atom stereocenters. The van der Waals surface area contributed by atoms with Gasteiger partial charge in [-0.15, -0.1) is 0 Å². The van der Waals surface area contributed by atoms with E-state index in [-0.39, 0.29) is 35.4 Å². The second kappa shape index (κ2) is 5.57. The number of nitrogens with one attached hydrogen (secondary N) is 1. The molecule has 18 heavy (non-hydrogen) atoms. The van der Waals surface area contributed by atoms with Gasteiger partial charge in [0.2, 0.25) is 5.91 Å². The van der Waals surface area contributed by atoms with Crippen molar-refractivity contribution < 1.29 is 13.2 Å². The highest BCUT2D eigenvalue weighted by atomic mass is 32.2. The van der Waals surface area contributed by atoms with Crippen LogP contribution in [0.15, 0.2) is 0 Å². The van der Waals surface area contributed by atoms with Crippen LogP contribution in [0.1, 0.15) is 38.5 Å². The molecule has 1 saturated carbocycles. The highest BCUT2D eigenvalue weighted by molar-refractivity contribution is 7.91. The van der Waals surface area contributed by atoms with Gasteiger partial charge in [-0.3, -0.25) is 4.79 Å². The first-order chi connectivity index (χ1) is 8.48. The van der Waals surface area contributed by atoms with E-state index < -0.39 is 9.84 Å². The molecule has 6 heteroatoms. The predicted octanol–water partition coefficient (Wildman–Crippen LogP) is 0.197. The number of rotatable bonds is 2. The molecular weight excluding hydrogens is 252 g/mol. The molecule has 0 aromatic rings. The molecule has 1 aliphatic carbocycles. The van der Waals surface area contributed by atoms with Crippen LogP contribution < -0.4 is 11.1 Å². The summed E-state index contributed by atoms with van der Waals surface area (Å²) in [5.74, 6) is 0.312. The van der Waals surface area contributed by atoms with E-state index in [1.165, 1.54) is 0 Å². The Hall–Kier alpha value is -0.620. The summed E-state index contributed by atoms with van der Waals surface area (Å²) in [6.07, 6.45) is 5.01. The van der Waals surface area contributed by atoms with Gasteiger partial charge in [-0.2, -0.15) is 0 Å². The first-order valence-corrected chi connectivity index (χ1v) is 8.56. The second-order valence-corrected chi connectivity index (χ2v) is 7.79.